The lowest BCUT2D eigenvalue weighted by Crippen LogP contribution is -2.37. The summed E-state index contributed by atoms with van der Waals surface area (Å²) in [7, 11) is 4.03. The van der Waals surface area contributed by atoms with Crippen molar-refractivity contribution in [2.24, 2.45) is 5.92 Å². The molecule has 0 aromatic heterocycles. The first-order valence-electron chi connectivity index (χ1n) is 8.78. The van der Waals surface area contributed by atoms with Crippen molar-refractivity contribution < 1.29 is 4.79 Å². The first-order valence-corrected chi connectivity index (χ1v) is 8.78. The smallest absolute Gasteiger partial charge is 0.234 e. The van der Waals surface area contributed by atoms with Gasteiger partial charge in [-0.15, -0.1) is 0 Å². The van der Waals surface area contributed by atoms with Gasteiger partial charge in [0.25, 0.3) is 0 Å². The molecule has 0 spiro atoms. The third-order valence-electron chi connectivity index (χ3n) is 4.25. The molecule has 0 radical (unpaired) electrons. The first kappa shape index (κ1) is 19.0. The third-order valence-corrected chi connectivity index (χ3v) is 4.25. The van der Waals surface area contributed by atoms with E-state index in [-0.39, 0.29) is 11.9 Å². The van der Waals surface area contributed by atoms with E-state index in [1.807, 2.05) is 44.4 Å². The number of carbonyl (C=O) groups excluding carboxylic acids is 1. The van der Waals surface area contributed by atoms with Crippen LogP contribution < -0.4 is 15.5 Å². The highest BCUT2D eigenvalue weighted by atomic mass is 16.1. The van der Waals surface area contributed by atoms with E-state index >= 15 is 0 Å². The SMILES string of the molecule is CC(C)[C@@H](NCC(=O)NCc1ccc(N(C)C)cc1)c1ccccc1. The van der Waals surface area contributed by atoms with Crippen molar-refractivity contribution in [3.63, 3.8) is 0 Å². The molecule has 0 aliphatic rings. The van der Waals surface area contributed by atoms with Crippen molar-refractivity contribution in [2.75, 3.05) is 25.5 Å². The van der Waals surface area contributed by atoms with E-state index in [4.69, 9.17) is 0 Å². The molecule has 0 saturated heterocycles. The van der Waals surface area contributed by atoms with Crippen LogP contribution >= 0.6 is 0 Å². The molecule has 0 saturated carbocycles. The van der Waals surface area contributed by atoms with Gasteiger partial charge in [0.05, 0.1) is 6.54 Å². The average Bonchev–Trinajstić information content (AvgIpc) is 2.61. The van der Waals surface area contributed by atoms with Crippen LogP contribution in [-0.2, 0) is 11.3 Å². The van der Waals surface area contributed by atoms with Gasteiger partial charge in [-0.1, -0.05) is 56.3 Å². The Bertz CT molecular complexity index is 651. The van der Waals surface area contributed by atoms with Crippen LogP contribution in [0.15, 0.2) is 54.6 Å². The minimum atomic E-state index is 0.0123. The molecule has 4 nitrogen and oxygen atoms in total. The summed E-state index contributed by atoms with van der Waals surface area (Å²) in [5.41, 5.74) is 3.46. The van der Waals surface area contributed by atoms with Crippen LogP contribution in [0.25, 0.3) is 0 Å². The number of amides is 1. The van der Waals surface area contributed by atoms with Crippen LogP contribution in [0.4, 0.5) is 5.69 Å². The molecule has 0 aliphatic heterocycles. The first-order chi connectivity index (χ1) is 12.0. The number of rotatable bonds is 8. The fraction of sp³-hybridized carbons (Fsp3) is 0.381. The van der Waals surface area contributed by atoms with Gasteiger partial charge in [0.15, 0.2) is 0 Å². The van der Waals surface area contributed by atoms with Crippen LogP contribution in [0.5, 0.6) is 0 Å². The summed E-state index contributed by atoms with van der Waals surface area (Å²) < 4.78 is 0. The summed E-state index contributed by atoms with van der Waals surface area (Å²) in [6, 6.07) is 18.7. The zero-order chi connectivity index (χ0) is 18.2. The molecule has 1 atom stereocenters. The minimum absolute atomic E-state index is 0.0123. The standard InChI is InChI=1S/C21H29N3O/c1-16(2)21(18-8-6-5-7-9-18)23-15-20(25)22-14-17-10-12-19(13-11-17)24(3)4/h5-13,16,21,23H,14-15H2,1-4H3,(H,22,25)/t21-/m1/s1. The van der Waals surface area contributed by atoms with Gasteiger partial charge >= 0.3 is 0 Å². The Morgan fingerprint density at radius 3 is 2.20 bits per heavy atom. The van der Waals surface area contributed by atoms with Crippen LogP contribution in [0.2, 0.25) is 0 Å². The van der Waals surface area contributed by atoms with Crippen LogP contribution in [0.3, 0.4) is 0 Å². The van der Waals surface area contributed by atoms with E-state index < -0.39 is 0 Å². The molecular weight excluding hydrogens is 310 g/mol. The maximum Gasteiger partial charge on any atom is 0.234 e. The fourth-order valence-corrected chi connectivity index (χ4v) is 2.78. The molecular formula is C21H29N3O. The summed E-state index contributed by atoms with van der Waals surface area (Å²) in [6.45, 7) is 5.18. The summed E-state index contributed by atoms with van der Waals surface area (Å²) in [5, 5.41) is 6.36. The van der Waals surface area contributed by atoms with E-state index in [0.717, 1.165) is 11.3 Å². The lowest BCUT2D eigenvalue weighted by atomic mass is 9.96. The number of carbonyl (C=O) groups is 1. The van der Waals surface area contributed by atoms with Crippen molar-refractivity contribution in [1.29, 1.82) is 0 Å². The Hall–Kier alpha value is -2.33. The number of nitrogens with zero attached hydrogens (tertiary/aromatic N) is 1. The van der Waals surface area contributed by atoms with Crippen molar-refractivity contribution in [3.05, 3.63) is 65.7 Å². The Morgan fingerprint density at radius 2 is 1.64 bits per heavy atom. The molecule has 2 rings (SSSR count). The van der Waals surface area contributed by atoms with Gasteiger partial charge in [-0.2, -0.15) is 0 Å². The summed E-state index contributed by atoms with van der Waals surface area (Å²) in [5.74, 6) is 0.423. The van der Waals surface area contributed by atoms with E-state index in [1.165, 1.54) is 5.56 Å². The molecule has 0 aliphatic carbocycles. The molecule has 0 unspecified atom stereocenters. The van der Waals surface area contributed by atoms with Gasteiger partial charge in [0.1, 0.15) is 0 Å². The zero-order valence-corrected chi connectivity index (χ0v) is 15.6. The van der Waals surface area contributed by atoms with Gasteiger partial charge in [-0.25, -0.2) is 0 Å². The normalized spacial score (nSPS) is 12.0. The highest BCUT2D eigenvalue weighted by Crippen LogP contribution is 2.20. The average molecular weight is 339 g/mol. The largest absolute Gasteiger partial charge is 0.378 e. The monoisotopic (exact) mass is 339 g/mol. The predicted octanol–water partition coefficient (Wildman–Crippen LogP) is 3.36. The second-order valence-corrected chi connectivity index (χ2v) is 6.85. The topological polar surface area (TPSA) is 44.4 Å². The Kier molecular flexibility index (Phi) is 7.02. The second kappa shape index (κ2) is 9.23. The van der Waals surface area contributed by atoms with Gasteiger partial charge < -0.3 is 15.5 Å². The van der Waals surface area contributed by atoms with Crippen molar-refractivity contribution in [2.45, 2.75) is 26.4 Å². The van der Waals surface area contributed by atoms with E-state index in [2.05, 4.69) is 53.6 Å². The fourth-order valence-electron chi connectivity index (χ4n) is 2.78. The molecule has 1 amide bonds. The maximum absolute atomic E-state index is 12.2. The maximum atomic E-state index is 12.2. The quantitative estimate of drug-likeness (QED) is 0.775. The summed E-state index contributed by atoms with van der Waals surface area (Å²) in [4.78, 5) is 14.2. The van der Waals surface area contributed by atoms with E-state index in [0.29, 0.717) is 19.0 Å². The lowest BCUT2D eigenvalue weighted by molar-refractivity contribution is -0.120. The summed E-state index contributed by atoms with van der Waals surface area (Å²) in [6.07, 6.45) is 0. The van der Waals surface area contributed by atoms with Crippen molar-refractivity contribution >= 4 is 11.6 Å². The number of hydrogen-bond acceptors (Lipinski definition) is 3. The number of nitrogens with one attached hydrogen (secondary N) is 2. The highest BCUT2D eigenvalue weighted by molar-refractivity contribution is 5.78. The van der Waals surface area contributed by atoms with Gasteiger partial charge in [-0.05, 0) is 29.2 Å². The van der Waals surface area contributed by atoms with Crippen LogP contribution in [0.1, 0.15) is 31.0 Å². The molecule has 0 heterocycles. The molecule has 134 valence electrons. The zero-order valence-electron chi connectivity index (χ0n) is 15.6. The molecule has 2 aromatic rings. The minimum Gasteiger partial charge on any atom is -0.378 e. The van der Waals surface area contributed by atoms with Crippen molar-refractivity contribution in [3.8, 4) is 0 Å². The van der Waals surface area contributed by atoms with Crippen molar-refractivity contribution in [1.82, 2.24) is 10.6 Å². The van der Waals surface area contributed by atoms with Gasteiger partial charge in [0, 0.05) is 32.4 Å². The Labute approximate surface area is 151 Å². The molecule has 2 N–H and O–H groups in total. The molecule has 25 heavy (non-hydrogen) atoms. The second-order valence-electron chi connectivity index (χ2n) is 6.85. The van der Waals surface area contributed by atoms with E-state index in [9.17, 15) is 4.79 Å². The number of hydrogen-bond donors (Lipinski definition) is 2. The summed E-state index contributed by atoms with van der Waals surface area (Å²) >= 11 is 0. The highest BCUT2D eigenvalue weighted by Gasteiger charge is 2.16. The Morgan fingerprint density at radius 1 is 1.00 bits per heavy atom. The Balaban J connectivity index is 1.83. The predicted molar refractivity (Wildman–Crippen MR) is 105 cm³/mol. The van der Waals surface area contributed by atoms with Gasteiger partial charge in [-0.3, -0.25) is 4.79 Å². The molecule has 2 aromatic carbocycles. The third kappa shape index (κ3) is 5.91. The van der Waals surface area contributed by atoms with Gasteiger partial charge in [0.2, 0.25) is 5.91 Å². The lowest BCUT2D eigenvalue weighted by Gasteiger charge is -2.22. The van der Waals surface area contributed by atoms with E-state index in [1.54, 1.807) is 0 Å². The number of benzene rings is 2. The van der Waals surface area contributed by atoms with Crippen LogP contribution in [0, 0.1) is 5.92 Å². The van der Waals surface area contributed by atoms with Crippen LogP contribution in [-0.4, -0.2) is 26.5 Å². The molecule has 0 bridgehead atoms. The molecule has 4 heteroatoms. The number of anilines is 1. The molecule has 0 fully saturated rings.